The number of hydroxylamine groups is 2. The second kappa shape index (κ2) is 5.77. The molecule has 1 saturated heterocycles. The molecule has 0 saturated carbocycles. The zero-order valence-electron chi connectivity index (χ0n) is 14.4. The molecule has 0 unspecified atom stereocenters. The Morgan fingerprint density at radius 2 is 1.41 bits per heavy atom. The summed E-state index contributed by atoms with van der Waals surface area (Å²) in [5.41, 5.74) is 0.810. The molecule has 0 bridgehead atoms. The molecule has 0 atom stereocenters. The van der Waals surface area contributed by atoms with Crippen molar-refractivity contribution < 1.29 is 19.2 Å². The van der Waals surface area contributed by atoms with Crippen molar-refractivity contribution >= 4 is 50.1 Å². The summed E-state index contributed by atoms with van der Waals surface area (Å²) >= 11 is 0. The van der Waals surface area contributed by atoms with Crippen molar-refractivity contribution in [3.63, 3.8) is 0 Å². The van der Waals surface area contributed by atoms with Gasteiger partial charge in [-0.3, -0.25) is 9.59 Å². The van der Waals surface area contributed by atoms with Gasteiger partial charge in [-0.15, -0.1) is 5.06 Å². The van der Waals surface area contributed by atoms with Crippen molar-refractivity contribution in [2.45, 2.75) is 19.3 Å². The molecule has 0 radical (unpaired) electrons. The van der Waals surface area contributed by atoms with Gasteiger partial charge in [0.25, 0.3) is 11.8 Å². The lowest BCUT2D eigenvalue weighted by atomic mass is 9.91. The number of hydrogen-bond acceptors (Lipinski definition) is 4. The highest BCUT2D eigenvalue weighted by Crippen LogP contribution is 2.36. The number of carbonyl (C=O) groups excluding carboxylic acids is 3. The molecule has 1 aliphatic heterocycles. The molecule has 5 nitrogen and oxygen atoms in total. The van der Waals surface area contributed by atoms with Crippen LogP contribution in [0, 0.1) is 0 Å². The maximum Gasteiger partial charge on any atom is 0.337 e. The van der Waals surface area contributed by atoms with Gasteiger partial charge in [-0.05, 0) is 37.9 Å². The molecular weight excluding hydrogens is 342 g/mol. The SMILES string of the molecule is O=C(Cc1ccc2ccc3cccc4ccc1c2c34)ON1C(=O)CCC1=O. The fraction of sp³-hybridized carbons (Fsp3) is 0.136. The summed E-state index contributed by atoms with van der Waals surface area (Å²) in [6, 6.07) is 18.3. The van der Waals surface area contributed by atoms with Gasteiger partial charge in [-0.1, -0.05) is 54.6 Å². The Balaban J connectivity index is 1.56. The van der Waals surface area contributed by atoms with Crippen molar-refractivity contribution in [2.24, 2.45) is 0 Å². The number of hydrogen-bond donors (Lipinski definition) is 0. The van der Waals surface area contributed by atoms with E-state index in [0.29, 0.717) is 5.06 Å². The molecule has 0 aliphatic carbocycles. The predicted octanol–water partition coefficient (Wildman–Crippen LogP) is 3.73. The summed E-state index contributed by atoms with van der Waals surface area (Å²) in [5.74, 6) is -1.55. The molecule has 0 spiro atoms. The Morgan fingerprint density at radius 1 is 0.815 bits per heavy atom. The van der Waals surface area contributed by atoms with Crippen molar-refractivity contribution in [3.8, 4) is 0 Å². The second-order valence-electron chi connectivity index (χ2n) is 6.80. The van der Waals surface area contributed by atoms with E-state index >= 15 is 0 Å². The topological polar surface area (TPSA) is 63.7 Å². The first kappa shape index (κ1) is 15.8. The van der Waals surface area contributed by atoms with E-state index in [-0.39, 0.29) is 19.3 Å². The van der Waals surface area contributed by atoms with Crippen molar-refractivity contribution in [1.82, 2.24) is 5.06 Å². The highest BCUT2D eigenvalue weighted by molar-refractivity contribution is 6.23. The molecular formula is C22H15NO4. The smallest absolute Gasteiger partial charge is 0.330 e. The quantitative estimate of drug-likeness (QED) is 0.414. The number of rotatable bonds is 3. The molecule has 2 amide bonds. The minimum absolute atomic E-state index is 0.00870. The van der Waals surface area contributed by atoms with Crippen LogP contribution in [0.3, 0.4) is 0 Å². The molecule has 5 heteroatoms. The van der Waals surface area contributed by atoms with Crippen LogP contribution in [-0.4, -0.2) is 22.8 Å². The van der Waals surface area contributed by atoms with E-state index in [1.807, 2.05) is 30.3 Å². The summed E-state index contributed by atoms with van der Waals surface area (Å²) < 4.78 is 0. The van der Waals surface area contributed by atoms with Gasteiger partial charge in [-0.25, -0.2) is 4.79 Å². The molecule has 1 fully saturated rings. The molecule has 0 aromatic heterocycles. The van der Waals surface area contributed by atoms with Crippen LogP contribution in [0.1, 0.15) is 18.4 Å². The van der Waals surface area contributed by atoms with Crippen LogP contribution in [0.4, 0.5) is 0 Å². The lowest BCUT2D eigenvalue weighted by molar-refractivity contribution is -0.197. The molecule has 1 aliphatic rings. The number of imide groups is 1. The Bertz CT molecular complexity index is 1210. The van der Waals surface area contributed by atoms with E-state index in [9.17, 15) is 14.4 Å². The minimum Gasteiger partial charge on any atom is -0.330 e. The zero-order valence-corrected chi connectivity index (χ0v) is 14.4. The first-order valence-corrected chi connectivity index (χ1v) is 8.84. The Morgan fingerprint density at radius 3 is 2.11 bits per heavy atom. The molecule has 4 aromatic rings. The third-order valence-electron chi connectivity index (χ3n) is 5.15. The van der Waals surface area contributed by atoms with Gasteiger partial charge < -0.3 is 4.84 Å². The van der Waals surface area contributed by atoms with E-state index in [0.717, 1.165) is 32.5 Å². The average Bonchev–Trinajstić information content (AvgIpc) is 2.99. The molecule has 0 N–H and O–H groups in total. The molecule has 4 aromatic carbocycles. The summed E-state index contributed by atoms with van der Waals surface area (Å²) in [6.07, 6.45) is 0.168. The lowest BCUT2D eigenvalue weighted by Crippen LogP contribution is -2.32. The van der Waals surface area contributed by atoms with E-state index in [2.05, 4.69) is 24.3 Å². The van der Waals surface area contributed by atoms with E-state index in [4.69, 9.17) is 4.84 Å². The third kappa shape index (κ3) is 2.43. The normalized spacial score (nSPS) is 14.7. The van der Waals surface area contributed by atoms with Gasteiger partial charge in [0.1, 0.15) is 0 Å². The second-order valence-corrected chi connectivity index (χ2v) is 6.80. The van der Waals surface area contributed by atoms with Crippen molar-refractivity contribution in [1.29, 1.82) is 0 Å². The Hall–Kier alpha value is -3.47. The van der Waals surface area contributed by atoms with Crippen LogP contribution < -0.4 is 0 Å². The van der Waals surface area contributed by atoms with E-state index < -0.39 is 17.8 Å². The largest absolute Gasteiger partial charge is 0.337 e. The van der Waals surface area contributed by atoms with Crippen LogP contribution in [0.2, 0.25) is 0 Å². The summed E-state index contributed by atoms with van der Waals surface area (Å²) in [4.78, 5) is 40.7. The van der Waals surface area contributed by atoms with Crippen LogP contribution in [-0.2, 0) is 25.6 Å². The third-order valence-corrected chi connectivity index (χ3v) is 5.15. The zero-order chi connectivity index (χ0) is 18.5. The maximum absolute atomic E-state index is 12.4. The van der Waals surface area contributed by atoms with Gasteiger partial charge in [0.2, 0.25) is 0 Å². The molecule has 27 heavy (non-hydrogen) atoms. The van der Waals surface area contributed by atoms with Gasteiger partial charge in [-0.2, -0.15) is 0 Å². The highest BCUT2D eigenvalue weighted by atomic mass is 16.7. The van der Waals surface area contributed by atoms with Gasteiger partial charge in [0.05, 0.1) is 6.42 Å². The Kier molecular flexibility index (Phi) is 3.37. The highest BCUT2D eigenvalue weighted by Gasteiger charge is 2.32. The van der Waals surface area contributed by atoms with Crippen LogP contribution in [0.5, 0.6) is 0 Å². The first-order valence-electron chi connectivity index (χ1n) is 8.84. The lowest BCUT2D eigenvalue weighted by Gasteiger charge is -2.15. The van der Waals surface area contributed by atoms with Crippen LogP contribution in [0.25, 0.3) is 32.3 Å². The van der Waals surface area contributed by atoms with E-state index in [1.54, 1.807) is 0 Å². The van der Waals surface area contributed by atoms with Crippen LogP contribution >= 0.6 is 0 Å². The summed E-state index contributed by atoms with van der Waals surface area (Å²) in [7, 11) is 0. The van der Waals surface area contributed by atoms with Gasteiger partial charge in [0.15, 0.2) is 0 Å². The van der Waals surface area contributed by atoms with Gasteiger partial charge in [0, 0.05) is 12.8 Å². The molecule has 5 rings (SSSR count). The first-order chi connectivity index (χ1) is 13.1. The predicted molar refractivity (Wildman–Crippen MR) is 101 cm³/mol. The molecule has 1 heterocycles. The fourth-order valence-electron chi connectivity index (χ4n) is 3.90. The van der Waals surface area contributed by atoms with Gasteiger partial charge >= 0.3 is 5.97 Å². The summed E-state index contributed by atoms with van der Waals surface area (Å²) in [5, 5.41) is 7.27. The number of benzene rings is 4. The fourth-order valence-corrected chi connectivity index (χ4v) is 3.90. The number of carbonyl (C=O) groups is 3. The number of nitrogens with zero attached hydrogens (tertiary/aromatic N) is 1. The van der Waals surface area contributed by atoms with Crippen LogP contribution in [0.15, 0.2) is 54.6 Å². The van der Waals surface area contributed by atoms with E-state index in [1.165, 1.54) is 5.39 Å². The monoisotopic (exact) mass is 357 g/mol. The minimum atomic E-state index is -0.617. The summed E-state index contributed by atoms with van der Waals surface area (Å²) in [6.45, 7) is 0. The average molecular weight is 357 g/mol. The molecule has 132 valence electrons. The maximum atomic E-state index is 12.4. The number of amides is 2. The standard InChI is InChI=1S/C22H15NO4/c24-18-10-11-19(25)23(18)27-20(26)12-16-7-6-15-5-4-13-2-1-3-14-8-9-17(16)22(15)21(13)14/h1-9H,10-12H2. The van der Waals surface area contributed by atoms with Crippen molar-refractivity contribution in [3.05, 3.63) is 60.2 Å². The Labute approximate surface area is 154 Å². The van der Waals surface area contributed by atoms with Crippen molar-refractivity contribution in [2.75, 3.05) is 0 Å².